The van der Waals surface area contributed by atoms with Gasteiger partial charge in [-0.3, -0.25) is 9.89 Å². The number of hydrogen-bond donors (Lipinski definition) is 2. The van der Waals surface area contributed by atoms with Crippen LogP contribution in [0.2, 0.25) is 0 Å². The minimum atomic E-state index is 0. The number of rotatable bonds is 7. The normalized spacial score (nSPS) is 14.8. The van der Waals surface area contributed by atoms with Gasteiger partial charge in [-0.2, -0.15) is 0 Å². The minimum Gasteiger partial charge on any atom is -0.361 e. The van der Waals surface area contributed by atoms with Crippen LogP contribution < -0.4 is 10.6 Å². The van der Waals surface area contributed by atoms with E-state index in [0.717, 1.165) is 61.9 Å². The molecule has 7 heteroatoms. The minimum absolute atomic E-state index is 0. The highest BCUT2D eigenvalue weighted by Crippen LogP contribution is 2.25. The predicted molar refractivity (Wildman–Crippen MR) is 134 cm³/mol. The smallest absolute Gasteiger partial charge is 0.191 e. The van der Waals surface area contributed by atoms with Crippen molar-refractivity contribution in [3.05, 3.63) is 52.4 Å². The van der Waals surface area contributed by atoms with Gasteiger partial charge in [0.05, 0.1) is 5.69 Å². The third kappa shape index (κ3) is 5.75. The van der Waals surface area contributed by atoms with Crippen LogP contribution in [-0.2, 0) is 32.4 Å². The van der Waals surface area contributed by atoms with E-state index in [9.17, 15) is 0 Å². The standard InChI is InChI=1S/C23H35N5O.HI/c1-6-20-19(21(7-2)29-27-20)14-25-22(24-5)26-16-23(3,4)28-13-12-17-10-8-9-11-18(17)15-28;/h8-11H,6-7,12-16H2,1-5H3,(H2,24,25,26);1H. The second-order valence-corrected chi connectivity index (χ2v) is 8.27. The molecule has 0 unspecified atom stereocenters. The average Bonchev–Trinajstić information content (AvgIpc) is 3.15. The van der Waals surface area contributed by atoms with Crippen molar-refractivity contribution >= 4 is 29.9 Å². The number of fused-ring (bicyclic) bond motifs is 1. The van der Waals surface area contributed by atoms with E-state index in [-0.39, 0.29) is 29.5 Å². The molecule has 1 aromatic heterocycles. The molecule has 0 fully saturated rings. The molecule has 166 valence electrons. The lowest BCUT2D eigenvalue weighted by atomic mass is 9.94. The first kappa shape index (κ1) is 24.7. The quantitative estimate of drug-likeness (QED) is 0.326. The van der Waals surface area contributed by atoms with Gasteiger partial charge in [-0.1, -0.05) is 43.3 Å². The van der Waals surface area contributed by atoms with Gasteiger partial charge in [-0.25, -0.2) is 0 Å². The van der Waals surface area contributed by atoms with Crippen molar-refractivity contribution < 1.29 is 4.52 Å². The summed E-state index contributed by atoms with van der Waals surface area (Å²) in [5.41, 5.74) is 5.13. The molecule has 3 rings (SSSR count). The van der Waals surface area contributed by atoms with Crippen LogP contribution in [0.4, 0.5) is 0 Å². The molecular formula is C23H36IN5O. The summed E-state index contributed by atoms with van der Waals surface area (Å²) < 4.78 is 5.47. The Balaban J connectivity index is 0.00000320. The molecule has 0 atom stereocenters. The summed E-state index contributed by atoms with van der Waals surface area (Å²) in [5.74, 6) is 1.76. The topological polar surface area (TPSA) is 65.7 Å². The van der Waals surface area contributed by atoms with Crippen molar-refractivity contribution in [1.29, 1.82) is 0 Å². The predicted octanol–water partition coefficient (Wildman–Crippen LogP) is 3.92. The summed E-state index contributed by atoms with van der Waals surface area (Å²) in [5, 5.41) is 11.1. The van der Waals surface area contributed by atoms with Crippen LogP contribution in [0.15, 0.2) is 33.8 Å². The third-order valence-electron chi connectivity index (χ3n) is 5.94. The number of nitrogens with one attached hydrogen (secondary N) is 2. The Bertz CT molecular complexity index is 824. The van der Waals surface area contributed by atoms with E-state index >= 15 is 0 Å². The highest BCUT2D eigenvalue weighted by Gasteiger charge is 2.29. The summed E-state index contributed by atoms with van der Waals surface area (Å²) in [6, 6.07) is 8.78. The summed E-state index contributed by atoms with van der Waals surface area (Å²) in [6.45, 7) is 12.4. The number of halogens is 1. The van der Waals surface area contributed by atoms with Gasteiger partial charge in [-0.15, -0.1) is 24.0 Å². The summed E-state index contributed by atoms with van der Waals surface area (Å²) in [6.07, 6.45) is 2.83. The maximum atomic E-state index is 5.47. The largest absolute Gasteiger partial charge is 0.361 e. The van der Waals surface area contributed by atoms with Gasteiger partial charge in [0.2, 0.25) is 0 Å². The SMILES string of the molecule is CCc1noc(CC)c1CNC(=NC)NCC(C)(C)N1CCc2ccccc2C1.I. The van der Waals surface area contributed by atoms with Crippen molar-refractivity contribution in [2.45, 2.75) is 65.6 Å². The highest BCUT2D eigenvalue weighted by atomic mass is 127. The van der Waals surface area contributed by atoms with Gasteiger partial charge in [-0.05, 0) is 37.8 Å². The number of guanidine groups is 1. The molecule has 2 N–H and O–H groups in total. The van der Waals surface area contributed by atoms with Crippen LogP contribution >= 0.6 is 24.0 Å². The van der Waals surface area contributed by atoms with Crippen LogP contribution in [-0.4, -0.2) is 41.7 Å². The van der Waals surface area contributed by atoms with Crippen molar-refractivity contribution in [2.75, 3.05) is 20.1 Å². The van der Waals surface area contributed by atoms with E-state index in [4.69, 9.17) is 4.52 Å². The van der Waals surface area contributed by atoms with Gasteiger partial charge in [0.15, 0.2) is 5.96 Å². The van der Waals surface area contributed by atoms with Crippen molar-refractivity contribution in [3.8, 4) is 0 Å². The molecule has 0 spiro atoms. The van der Waals surface area contributed by atoms with E-state index < -0.39 is 0 Å². The first-order chi connectivity index (χ1) is 14.0. The number of nitrogens with zero attached hydrogens (tertiary/aromatic N) is 3. The Labute approximate surface area is 197 Å². The molecule has 6 nitrogen and oxygen atoms in total. The lowest BCUT2D eigenvalue weighted by Gasteiger charge is -2.42. The highest BCUT2D eigenvalue weighted by molar-refractivity contribution is 14.0. The van der Waals surface area contributed by atoms with Crippen LogP contribution in [0.3, 0.4) is 0 Å². The van der Waals surface area contributed by atoms with Crippen molar-refractivity contribution in [1.82, 2.24) is 20.7 Å². The molecule has 2 heterocycles. The average molecular weight is 525 g/mol. The Kier molecular flexibility index (Phi) is 9.15. The monoisotopic (exact) mass is 525 g/mol. The third-order valence-corrected chi connectivity index (χ3v) is 5.94. The number of hydrogen-bond acceptors (Lipinski definition) is 4. The van der Waals surface area contributed by atoms with E-state index in [1.54, 1.807) is 0 Å². The maximum Gasteiger partial charge on any atom is 0.191 e. The molecular weight excluding hydrogens is 489 g/mol. The lowest BCUT2D eigenvalue weighted by Crippen LogP contribution is -2.54. The zero-order valence-corrected chi connectivity index (χ0v) is 21.2. The van der Waals surface area contributed by atoms with Gasteiger partial charge in [0.1, 0.15) is 5.76 Å². The summed E-state index contributed by atoms with van der Waals surface area (Å²) in [4.78, 5) is 6.96. The van der Waals surface area contributed by atoms with E-state index in [1.165, 1.54) is 11.1 Å². The number of aromatic nitrogens is 1. The van der Waals surface area contributed by atoms with Gasteiger partial charge in [0, 0.05) is 50.7 Å². The summed E-state index contributed by atoms with van der Waals surface area (Å²) in [7, 11) is 1.81. The molecule has 2 aromatic rings. The first-order valence-electron chi connectivity index (χ1n) is 10.7. The molecule has 1 aromatic carbocycles. The molecule has 1 aliphatic rings. The fraction of sp³-hybridized carbons (Fsp3) is 0.565. The van der Waals surface area contributed by atoms with E-state index in [0.29, 0.717) is 6.54 Å². The molecule has 30 heavy (non-hydrogen) atoms. The van der Waals surface area contributed by atoms with Gasteiger partial charge < -0.3 is 15.2 Å². The van der Waals surface area contributed by atoms with Crippen LogP contribution in [0.1, 0.15) is 55.8 Å². The Morgan fingerprint density at radius 3 is 2.57 bits per heavy atom. The zero-order valence-electron chi connectivity index (χ0n) is 18.9. The fourth-order valence-electron chi connectivity index (χ4n) is 3.95. The Morgan fingerprint density at radius 2 is 1.90 bits per heavy atom. The maximum absolute atomic E-state index is 5.47. The first-order valence-corrected chi connectivity index (χ1v) is 10.7. The number of aliphatic imine (C=N–C) groups is 1. The lowest BCUT2D eigenvalue weighted by molar-refractivity contribution is 0.107. The fourth-order valence-corrected chi connectivity index (χ4v) is 3.95. The van der Waals surface area contributed by atoms with Gasteiger partial charge >= 0.3 is 0 Å². The van der Waals surface area contributed by atoms with Crippen LogP contribution in [0.5, 0.6) is 0 Å². The number of aryl methyl sites for hydroxylation is 2. The molecule has 1 aliphatic heterocycles. The number of benzene rings is 1. The summed E-state index contributed by atoms with van der Waals surface area (Å²) >= 11 is 0. The van der Waals surface area contributed by atoms with Crippen molar-refractivity contribution in [3.63, 3.8) is 0 Å². The van der Waals surface area contributed by atoms with Crippen LogP contribution in [0.25, 0.3) is 0 Å². The molecule has 0 saturated heterocycles. The zero-order chi connectivity index (χ0) is 20.9. The van der Waals surface area contributed by atoms with Crippen LogP contribution in [0, 0.1) is 0 Å². The Hall–Kier alpha value is -1.61. The molecule has 0 radical (unpaired) electrons. The molecule has 0 saturated carbocycles. The van der Waals surface area contributed by atoms with Gasteiger partial charge in [0.25, 0.3) is 0 Å². The van der Waals surface area contributed by atoms with Crippen molar-refractivity contribution in [2.24, 2.45) is 4.99 Å². The second kappa shape index (κ2) is 11.1. The second-order valence-electron chi connectivity index (χ2n) is 8.27. The van der Waals surface area contributed by atoms with E-state index in [2.05, 4.69) is 77.6 Å². The molecule has 0 bridgehead atoms. The van der Waals surface area contributed by atoms with E-state index in [1.807, 2.05) is 7.05 Å². The Morgan fingerprint density at radius 1 is 1.17 bits per heavy atom. The molecule has 0 aliphatic carbocycles. The molecule has 0 amide bonds.